The van der Waals surface area contributed by atoms with Gasteiger partial charge < -0.3 is 15.0 Å². The number of benzene rings is 1. The average molecular weight is 308 g/mol. The van der Waals surface area contributed by atoms with Gasteiger partial charge in [-0.15, -0.1) is 0 Å². The first-order valence-corrected chi connectivity index (χ1v) is 8.00. The number of ether oxygens (including phenoxy) is 1. The molecule has 1 N–H and O–H groups in total. The van der Waals surface area contributed by atoms with Gasteiger partial charge in [-0.05, 0) is 50.9 Å². The molecule has 1 fully saturated rings. The smallest absolute Gasteiger partial charge is 0.225 e. The number of piperidine rings is 1. The fourth-order valence-corrected chi connectivity index (χ4v) is 2.79. The van der Waals surface area contributed by atoms with Gasteiger partial charge in [0.1, 0.15) is 0 Å². The number of halogens is 1. The van der Waals surface area contributed by atoms with Gasteiger partial charge in [0.05, 0.1) is 13.0 Å². The molecule has 4 nitrogen and oxygen atoms in total. The molecular formula is C17H25FN2O2. The zero-order valence-electron chi connectivity index (χ0n) is 13.2. The molecule has 0 bridgehead atoms. The number of para-hydroxylation sites is 1. The highest BCUT2D eigenvalue weighted by Gasteiger charge is 2.22. The number of hydrogen-bond acceptors (Lipinski definition) is 3. The monoisotopic (exact) mass is 308 g/mol. The first-order valence-electron chi connectivity index (χ1n) is 8.00. The Labute approximate surface area is 131 Å². The fourth-order valence-electron chi connectivity index (χ4n) is 2.79. The third-order valence-electron chi connectivity index (χ3n) is 4.18. The highest BCUT2D eigenvalue weighted by Crippen LogP contribution is 2.21. The summed E-state index contributed by atoms with van der Waals surface area (Å²) < 4.78 is 18.7. The number of carbonyl (C=O) groups is 1. The van der Waals surface area contributed by atoms with E-state index < -0.39 is 0 Å². The molecule has 1 heterocycles. The van der Waals surface area contributed by atoms with Crippen LogP contribution in [0.15, 0.2) is 24.3 Å². The Hall–Kier alpha value is -1.62. The van der Waals surface area contributed by atoms with E-state index in [2.05, 4.69) is 5.32 Å². The van der Waals surface area contributed by atoms with Gasteiger partial charge in [-0.3, -0.25) is 4.79 Å². The molecule has 0 atom stereocenters. The minimum absolute atomic E-state index is 0.100. The molecule has 22 heavy (non-hydrogen) atoms. The van der Waals surface area contributed by atoms with Gasteiger partial charge in [0.2, 0.25) is 5.91 Å². The first kappa shape index (κ1) is 16.7. The average Bonchev–Trinajstić information content (AvgIpc) is 2.55. The zero-order chi connectivity index (χ0) is 15.8. The highest BCUT2D eigenvalue weighted by molar-refractivity contribution is 5.76. The van der Waals surface area contributed by atoms with Gasteiger partial charge in [0, 0.05) is 13.1 Å². The van der Waals surface area contributed by atoms with E-state index in [1.54, 1.807) is 18.2 Å². The molecule has 5 heteroatoms. The summed E-state index contributed by atoms with van der Waals surface area (Å²) in [7, 11) is 1.97. The largest absolute Gasteiger partial charge is 0.490 e. The molecule has 0 unspecified atom stereocenters. The Balaban J connectivity index is 1.67. The van der Waals surface area contributed by atoms with Crippen LogP contribution >= 0.6 is 0 Å². The molecule has 1 aromatic carbocycles. The van der Waals surface area contributed by atoms with Crippen molar-refractivity contribution in [2.24, 2.45) is 5.92 Å². The Bertz CT molecular complexity index is 473. The number of nitrogens with one attached hydrogen (secondary N) is 1. The zero-order valence-corrected chi connectivity index (χ0v) is 13.2. The van der Waals surface area contributed by atoms with Crippen molar-refractivity contribution in [3.63, 3.8) is 0 Å². The maximum absolute atomic E-state index is 13.4. The van der Waals surface area contributed by atoms with Crippen molar-refractivity contribution in [1.82, 2.24) is 10.2 Å². The normalized spacial score (nSPS) is 15.8. The third-order valence-corrected chi connectivity index (χ3v) is 4.18. The molecule has 0 saturated carbocycles. The van der Waals surface area contributed by atoms with Crippen LogP contribution in [0.4, 0.5) is 4.39 Å². The summed E-state index contributed by atoms with van der Waals surface area (Å²) in [5, 5.41) is 3.17. The Morgan fingerprint density at radius 2 is 2.09 bits per heavy atom. The van der Waals surface area contributed by atoms with Gasteiger partial charge in [-0.25, -0.2) is 4.39 Å². The SMILES string of the molecule is CNCCC1CCN(C(=O)CCOc2ccccc2F)CC1. The lowest BCUT2D eigenvalue weighted by atomic mass is 9.93. The molecule has 0 aromatic heterocycles. The molecule has 1 saturated heterocycles. The molecule has 0 spiro atoms. The second kappa shape index (κ2) is 8.73. The summed E-state index contributed by atoms with van der Waals surface area (Å²) in [6, 6.07) is 6.27. The first-order chi connectivity index (χ1) is 10.7. The van der Waals surface area contributed by atoms with Crippen molar-refractivity contribution in [3.8, 4) is 5.75 Å². The summed E-state index contributed by atoms with van der Waals surface area (Å²) in [5.41, 5.74) is 0. The summed E-state index contributed by atoms with van der Waals surface area (Å²) in [4.78, 5) is 14.0. The van der Waals surface area contributed by atoms with Gasteiger partial charge in [-0.1, -0.05) is 12.1 Å². The van der Waals surface area contributed by atoms with Crippen LogP contribution in [0.1, 0.15) is 25.7 Å². The van der Waals surface area contributed by atoms with Crippen LogP contribution in [0.5, 0.6) is 5.75 Å². The van der Waals surface area contributed by atoms with E-state index in [0.29, 0.717) is 12.3 Å². The molecule has 0 radical (unpaired) electrons. The Kier molecular flexibility index (Phi) is 6.65. The van der Waals surface area contributed by atoms with E-state index in [9.17, 15) is 9.18 Å². The van der Waals surface area contributed by atoms with E-state index in [0.717, 1.165) is 32.5 Å². The van der Waals surface area contributed by atoms with Crippen LogP contribution in [-0.4, -0.2) is 44.1 Å². The number of carbonyl (C=O) groups excluding carboxylic acids is 1. The topological polar surface area (TPSA) is 41.6 Å². The lowest BCUT2D eigenvalue weighted by Crippen LogP contribution is -2.39. The van der Waals surface area contributed by atoms with Crippen LogP contribution in [0.3, 0.4) is 0 Å². The highest BCUT2D eigenvalue weighted by atomic mass is 19.1. The van der Waals surface area contributed by atoms with E-state index in [1.165, 1.54) is 12.5 Å². The number of nitrogens with zero attached hydrogens (tertiary/aromatic N) is 1. The summed E-state index contributed by atoms with van der Waals surface area (Å²) in [6.45, 7) is 2.91. The molecular weight excluding hydrogens is 283 g/mol. The number of amides is 1. The number of hydrogen-bond donors (Lipinski definition) is 1. The predicted molar refractivity (Wildman–Crippen MR) is 84.4 cm³/mol. The van der Waals surface area contributed by atoms with Crippen molar-refractivity contribution in [3.05, 3.63) is 30.1 Å². The van der Waals surface area contributed by atoms with Crippen LogP contribution < -0.4 is 10.1 Å². The van der Waals surface area contributed by atoms with Gasteiger partial charge in [-0.2, -0.15) is 0 Å². The number of likely N-dealkylation sites (tertiary alicyclic amines) is 1. The van der Waals surface area contributed by atoms with Gasteiger partial charge in [0.25, 0.3) is 0 Å². The number of rotatable bonds is 7. The molecule has 1 amide bonds. The second-order valence-electron chi connectivity index (χ2n) is 5.75. The molecule has 122 valence electrons. The minimum atomic E-state index is -0.389. The third kappa shape index (κ3) is 4.98. The summed E-state index contributed by atoms with van der Waals surface area (Å²) >= 11 is 0. The second-order valence-corrected chi connectivity index (χ2v) is 5.75. The van der Waals surface area contributed by atoms with Crippen LogP contribution in [0, 0.1) is 11.7 Å². The van der Waals surface area contributed by atoms with Crippen LogP contribution in [-0.2, 0) is 4.79 Å². The standard InChI is InChI=1S/C17H25FN2O2/c1-19-10-6-14-7-11-20(12-8-14)17(21)9-13-22-16-5-3-2-4-15(16)18/h2-5,14,19H,6-13H2,1H3. The molecule has 0 aliphatic carbocycles. The summed E-state index contributed by atoms with van der Waals surface area (Å²) in [5.74, 6) is 0.635. The molecule has 2 rings (SSSR count). The van der Waals surface area contributed by atoms with E-state index in [-0.39, 0.29) is 24.1 Å². The maximum atomic E-state index is 13.4. The Morgan fingerprint density at radius 1 is 1.36 bits per heavy atom. The van der Waals surface area contributed by atoms with Crippen molar-refractivity contribution in [2.75, 3.05) is 33.3 Å². The van der Waals surface area contributed by atoms with Crippen LogP contribution in [0.2, 0.25) is 0 Å². The predicted octanol–water partition coefficient (Wildman–Crippen LogP) is 2.44. The van der Waals surface area contributed by atoms with Gasteiger partial charge in [0.15, 0.2) is 11.6 Å². The van der Waals surface area contributed by atoms with E-state index >= 15 is 0 Å². The lowest BCUT2D eigenvalue weighted by Gasteiger charge is -2.32. The van der Waals surface area contributed by atoms with E-state index in [4.69, 9.17) is 4.74 Å². The molecule has 1 aliphatic heterocycles. The maximum Gasteiger partial charge on any atom is 0.225 e. The lowest BCUT2D eigenvalue weighted by molar-refractivity contribution is -0.133. The Morgan fingerprint density at radius 3 is 2.77 bits per heavy atom. The molecule has 1 aromatic rings. The molecule has 1 aliphatic rings. The van der Waals surface area contributed by atoms with Crippen molar-refractivity contribution in [2.45, 2.75) is 25.7 Å². The summed E-state index contributed by atoms with van der Waals surface area (Å²) in [6.07, 6.45) is 3.62. The van der Waals surface area contributed by atoms with E-state index in [1.807, 2.05) is 11.9 Å². The van der Waals surface area contributed by atoms with Crippen molar-refractivity contribution < 1.29 is 13.9 Å². The quantitative estimate of drug-likeness (QED) is 0.841. The van der Waals surface area contributed by atoms with Crippen molar-refractivity contribution >= 4 is 5.91 Å². The van der Waals surface area contributed by atoms with Crippen LogP contribution in [0.25, 0.3) is 0 Å². The van der Waals surface area contributed by atoms with Gasteiger partial charge >= 0.3 is 0 Å². The van der Waals surface area contributed by atoms with Crippen molar-refractivity contribution in [1.29, 1.82) is 0 Å². The fraction of sp³-hybridized carbons (Fsp3) is 0.588. The minimum Gasteiger partial charge on any atom is -0.490 e.